The first-order valence-electron chi connectivity index (χ1n) is 12.8. The van der Waals surface area contributed by atoms with Gasteiger partial charge in [0.15, 0.2) is 11.6 Å². The van der Waals surface area contributed by atoms with Crippen molar-refractivity contribution in [3.63, 3.8) is 0 Å². The van der Waals surface area contributed by atoms with Gasteiger partial charge in [-0.25, -0.2) is 8.78 Å². The summed E-state index contributed by atoms with van der Waals surface area (Å²) >= 11 is 0. The highest BCUT2D eigenvalue weighted by Crippen LogP contribution is 2.49. The van der Waals surface area contributed by atoms with Gasteiger partial charge in [0.05, 0.1) is 5.92 Å². The molecule has 4 unspecified atom stereocenters. The molecule has 4 atom stereocenters. The zero-order valence-electron chi connectivity index (χ0n) is 19.4. The number of hydrogen-bond acceptors (Lipinski definition) is 2. The van der Waals surface area contributed by atoms with Crippen LogP contribution in [0.25, 0.3) is 0 Å². The van der Waals surface area contributed by atoms with Crippen LogP contribution >= 0.6 is 0 Å². The van der Waals surface area contributed by atoms with Gasteiger partial charge in [-0.2, -0.15) is 0 Å². The molecular weight excluding hydrogens is 406 g/mol. The standard InChI is InChI=1S/C28H38F2O2/c1-2-3-4-5-19-6-7-24-17-23(13-12-22(24)16-19)20-8-10-21(11-9-20)28(31)32-25-14-15-26(29)27(30)18-25/h2-3,14-15,18-24H,4-13,16-17H2,1H3/b3-2+. The minimum Gasteiger partial charge on any atom is -0.426 e. The maximum absolute atomic E-state index is 13.4. The number of carbonyl (C=O) groups is 1. The summed E-state index contributed by atoms with van der Waals surface area (Å²) in [6.45, 7) is 2.11. The fourth-order valence-electron chi connectivity index (χ4n) is 6.78. The zero-order chi connectivity index (χ0) is 22.5. The molecule has 1 aromatic rings. The first kappa shape index (κ1) is 23.4. The zero-order valence-corrected chi connectivity index (χ0v) is 19.4. The van der Waals surface area contributed by atoms with Gasteiger partial charge in [0.2, 0.25) is 0 Å². The van der Waals surface area contributed by atoms with Crippen LogP contribution in [0.15, 0.2) is 30.4 Å². The Morgan fingerprint density at radius 2 is 1.56 bits per heavy atom. The van der Waals surface area contributed by atoms with Crippen LogP contribution in [0.2, 0.25) is 0 Å². The Kier molecular flexibility index (Phi) is 8.02. The molecule has 0 aliphatic heterocycles. The third-order valence-corrected chi connectivity index (χ3v) is 8.62. The van der Waals surface area contributed by atoms with Crippen molar-refractivity contribution < 1.29 is 18.3 Å². The second-order valence-electron chi connectivity index (χ2n) is 10.5. The molecule has 0 spiro atoms. The van der Waals surface area contributed by atoms with Gasteiger partial charge in [0.25, 0.3) is 0 Å². The fourth-order valence-corrected chi connectivity index (χ4v) is 6.78. The molecule has 176 valence electrons. The largest absolute Gasteiger partial charge is 0.426 e. The van der Waals surface area contributed by atoms with Gasteiger partial charge in [-0.1, -0.05) is 18.6 Å². The van der Waals surface area contributed by atoms with E-state index in [1.165, 1.54) is 57.4 Å². The molecule has 0 amide bonds. The van der Waals surface area contributed by atoms with Crippen LogP contribution in [0.4, 0.5) is 8.78 Å². The lowest BCUT2D eigenvalue weighted by molar-refractivity contribution is -0.140. The Morgan fingerprint density at radius 1 is 0.906 bits per heavy atom. The highest BCUT2D eigenvalue weighted by molar-refractivity contribution is 5.75. The minimum atomic E-state index is -0.985. The van der Waals surface area contributed by atoms with Crippen LogP contribution in [0.5, 0.6) is 5.75 Å². The normalized spacial score (nSPS) is 33.1. The van der Waals surface area contributed by atoms with Crippen molar-refractivity contribution in [2.75, 3.05) is 0 Å². The number of rotatable bonds is 6. The third-order valence-electron chi connectivity index (χ3n) is 8.62. The summed E-state index contributed by atoms with van der Waals surface area (Å²) in [5.74, 6) is 2.10. The van der Waals surface area contributed by atoms with Crippen LogP contribution in [0, 0.1) is 47.1 Å². The number of carbonyl (C=O) groups excluding carboxylic acids is 1. The van der Waals surface area contributed by atoms with Gasteiger partial charge in [-0.3, -0.25) is 4.79 Å². The summed E-state index contributed by atoms with van der Waals surface area (Å²) in [6, 6.07) is 3.27. The van der Waals surface area contributed by atoms with Gasteiger partial charge >= 0.3 is 5.97 Å². The maximum atomic E-state index is 13.4. The molecular formula is C28H38F2O2. The summed E-state index contributed by atoms with van der Waals surface area (Å²) in [5, 5.41) is 0. The monoisotopic (exact) mass is 444 g/mol. The van der Waals surface area contributed by atoms with E-state index in [9.17, 15) is 13.6 Å². The molecule has 32 heavy (non-hydrogen) atoms. The molecule has 4 heteroatoms. The highest BCUT2D eigenvalue weighted by atomic mass is 19.2. The molecule has 0 N–H and O–H groups in total. The van der Waals surface area contributed by atoms with E-state index >= 15 is 0 Å². The van der Waals surface area contributed by atoms with Gasteiger partial charge in [0.1, 0.15) is 5.75 Å². The van der Waals surface area contributed by atoms with Crippen molar-refractivity contribution in [1.82, 2.24) is 0 Å². The Balaban J connectivity index is 1.21. The van der Waals surface area contributed by atoms with Crippen molar-refractivity contribution in [3.8, 4) is 5.75 Å². The molecule has 3 saturated carbocycles. The van der Waals surface area contributed by atoms with E-state index in [0.29, 0.717) is 0 Å². The summed E-state index contributed by atoms with van der Waals surface area (Å²) < 4.78 is 31.8. The molecule has 2 nitrogen and oxygen atoms in total. The number of halogens is 2. The molecule has 0 saturated heterocycles. The lowest BCUT2D eigenvalue weighted by Crippen LogP contribution is -2.35. The van der Waals surface area contributed by atoms with E-state index in [-0.39, 0.29) is 17.6 Å². The molecule has 0 radical (unpaired) electrons. The van der Waals surface area contributed by atoms with Crippen molar-refractivity contribution in [2.24, 2.45) is 35.5 Å². The molecule has 0 heterocycles. The average molecular weight is 445 g/mol. The summed E-state index contributed by atoms with van der Waals surface area (Å²) in [7, 11) is 0. The number of esters is 1. The van der Waals surface area contributed by atoms with Crippen molar-refractivity contribution in [3.05, 3.63) is 42.0 Å². The molecule has 1 aromatic carbocycles. The molecule has 0 aromatic heterocycles. The smallest absolute Gasteiger partial charge is 0.314 e. The Hall–Kier alpha value is -1.71. The second kappa shape index (κ2) is 10.9. The van der Waals surface area contributed by atoms with Crippen molar-refractivity contribution in [1.29, 1.82) is 0 Å². The minimum absolute atomic E-state index is 0.0932. The first-order chi connectivity index (χ1) is 15.5. The Labute approximate surface area is 191 Å². The molecule has 3 aliphatic rings. The third kappa shape index (κ3) is 5.80. The van der Waals surface area contributed by atoms with Crippen LogP contribution in [-0.4, -0.2) is 5.97 Å². The van der Waals surface area contributed by atoms with E-state index in [1.807, 2.05) is 0 Å². The number of benzene rings is 1. The molecule has 3 fully saturated rings. The summed E-state index contributed by atoms with van der Waals surface area (Å²) in [4.78, 5) is 12.5. The number of hydrogen-bond donors (Lipinski definition) is 0. The van der Waals surface area contributed by atoms with Crippen molar-refractivity contribution >= 4 is 5.97 Å². The van der Waals surface area contributed by atoms with Crippen LogP contribution in [-0.2, 0) is 4.79 Å². The number of fused-ring (bicyclic) bond motifs is 1. The number of allylic oxidation sites excluding steroid dienone is 2. The molecule has 4 rings (SSSR count). The second-order valence-corrected chi connectivity index (χ2v) is 10.5. The van der Waals surface area contributed by atoms with E-state index in [2.05, 4.69) is 19.1 Å². The van der Waals surface area contributed by atoms with Crippen molar-refractivity contribution in [2.45, 2.75) is 84.0 Å². The van der Waals surface area contributed by atoms with Gasteiger partial charge in [0, 0.05) is 6.07 Å². The van der Waals surface area contributed by atoms with E-state index in [0.717, 1.165) is 67.4 Å². The van der Waals surface area contributed by atoms with Crippen LogP contribution in [0.1, 0.15) is 84.0 Å². The fraction of sp³-hybridized carbons (Fsp3) is 0.679. The predicted molar refractivity (Wildman–Crippen MR) is 123 cm³/mol. The topological polar surface area (TPSA) is 26.3 Å². The average Bonchev–Trinajstić information content (AvgIpc) is 2.81. The van der Waals surface area contributed by atoms with Gasteiger partial charge in [-0.15, -0.1) is 0 Å². The highest BCUT2D eigenvalue weighted by Gasteiger charge is 2.39. The Morgan fingerprint density at radius 3 is 2.28 bits per heavy atom. The van der Waals surface area contributed by atoms with Gasteiger partial charge < -0.3 is 4.74 Å². The van der Waals surface area contributed by atoms with Crippen LogP contribution in [0.3, 0.4) is 0 Å². The number of ether oxygens (including phenoxy) is 1. The van der Waals surface area contributed by atoms with E-state index in [4.69, 9.17) is 4.74 Å². The lowest BCUT2D eigenvalue weighted by Gasteiger charge is -2.45. The van der Waals surface area contributed by atoms with Crippen LogP contribution < -0.4 is 4.74 Å². The predicted octanol–water partition coefficient (Wildman–Crippen LogP) is 7.87. The van der Waals surface area contributed by atoms with Gasteiger partial charge in [-0.05, 0) is 119 Å². The summed E-state index contributed by atoms with van der Waals surface area (Å²) in [5.41, 5.74) is 0. The summed E-state index contributed by atoms with van der Waals surface area (Å²) in [6.07, 6.45) is 19.4. The quantitative estimate of drug-likeness (QED) is 0.253. The van der Waals surface area contributed by atoms with E-state index in [1.54, 1.807) is 0 Å². The molecule has 3 aliphatic carbocycles. The molecule has 0 bridgehead atoms. The SMILES string of the molecule is C/C=C/CCC1CCC2CC(C3CCC(C(=O)Oc4ccc(F)c(F)c4)CC3)CCC2C1. The van der Waals surface area contributed by atoms with E-state index < -0.39 is 11.6 Å². The Bertz CT molecular complexity index is 797. The first-order valence-corrected chi connectivity index (χ1v) is 12.8. The maximum Gasteiger partial charge on any atom is 0.314 e. The lowest BCUT2D eigenvalue weighted by atomic mass is 9.60.